The van der Waals surface area contributed by atoms with Gasteiger partial charge in [-0.2, -0.15) is 0 Å². The minimum absolute atomic E-state index is 0.536. The van der Waals surface area contributed by atoms with E-state index in [-0.39, 0.29) is 0 Å². The van der Waals surface area contributed by atoms with E-state index in [0.717, 1.165) is 11.1 Å². The van der Waals surface area contributed by atoms with Gasteiger partial charge in [-0.05, 0) is 25.0 Å². The number of nitrogens with one attached hydrogen (secondary N) is 1. The summed E-state index contributed by atoms with van der Waals surface area (Å²) >= 11 is 5.38. The van der Waals surface area contributed by atoms with E-state index in [2.05, 4.69) is 32.3 Å². The molecule has 1 aromatic rings. The molecule has 4 heteroatoms. The van der Waals surface area contributed by atoms with Gasteiger partial charge in [0.1, 0.15) is 5.82 Å². The molecule has 0 amide bonds. The molecule has 1 aliphatic heterocycles. The number of anilines is 1. The second-order valence-electron chi connectivity index (χ2n) is 3.99. The van der Waals surface area contributed by atoms with E-state index in [1.807, 2.05) is 24.0 Å². The fourth-order valence-electron chi connectivity index (χ4n) is 1.84. The first-order valence-electron chi connectivity index (χ1n) is 5.84. The summed E-state index contributed by atoms with van der Waals surface area (Å²) in [5, 5.41) is 5.14. The first-order valence-corrected chi connectivity index (χ1v) is 7.84. The molecule has 2 nitrogen and oxygen atoms in total. The number of hydrogen-bond donors (Lipinski definition) is 1. The molecule has 1 aromatic heterocycles. The van der Waals surface area contributed by atoms with Crippen LogP contribution >= 0.6 is 27.7 Å². The summed E-state index contributed by atoms with van der Waals surface area (Å²) in [5.41, 5.74) is 0. The molecule has 88 valence electrons. The third-order valence-electron chi connectivity index (χ3n) is 2.69. The molecule has 0 aromatic carbocycles. The van der Waals surface area contributed by atoms with Gasteiger partial charge in [-0.25, -0.2) is 4.98 Å². The van der Waals surface area contributed by atoms with Gasteiger partial charge >= 0.3 is 0 Å². The lowest BCUT2D eigenvalue weighted by molar-refractivity contribution is 0.638. The molecule has 0 spiro atoms. The fraction of sp³-hybridized carbons (Fsp3) is 0.583. The maximum atomic E-state index is 4.33. The summed E-state index contributed by atoms with van der Waals surface area (Å²) in [6.45, 7) is 0. The Morgan fingerprint density at radius 3 is 3.00 bits per heavy atom. The second kappa shape index (κ2) is 6.50. The monoisotopic (exact) mass is 300 g/mol. The number of alkyl halides is 1. The van der Waals surface area contributed by atoms with Crippen molar-refractivity contribution in [2.45, 2.75) is 42.4 Å². The number of rotatable bonds is 6. The van der Waals surface area contributed by atoms with Crippen molar-refractivity contribution >= 4 is 33.5 Å². The zero-order valence-corrected chi connectivity index (χ0v) is 11.7. The number of hydrogen-bond acceptors (Lipinski definition) is 3. The van der Waals surface area contributed by atoms with Crippen LogP contribution in [0.3, 0.4) is 0 Å². The molecule has 1 N–H and O–H groups in total. The van der Waals surface area contributed by atoms with Gasteiger partial charge in [0.2, 0.25) is 0 Å². The number of aromatic nitrogens is 1. The summed E-state index contributed by atoms with van der Waals surface area (Å²) in [4.78, 5) is 5.63. The maximum Gasteiger partial charge on any atom is 0.140 e. The zero-order chi connectivity index (χ0) is 11.2. The third kappa shape index (κ3) is 3.39. The number of nitrogens with zero attached hydrogens (tertiary/aromatic N) is 1. The van der Waals surface area contributed by atoms with Crippen LogP contribution < -0.4 is 5.32 Å². The SMILES string of the molecule is BrCCCCCCC1Nc2ncccc2S1. The van der Waals surface area contributed by atoms with Crippen molar-refractivity contribution in [1.29, 1.82) is 0 Å². The molecule has 2 heterocycles. The van der Waals surface area contributed by atoms with Gasteiger partial charge in [0.25, 0.3) is 0 Å². The van der Waals surface area contributed by atoms with E-state index in [9.17, 15) is 0 Å². The predicted octanol–water partition coefficient (Wildman–Crippen LogP) is 4.27. The van der Waals surface area contributed by atoms with Gasteiger partial charge < -0.3 is 5.32 Å². The average Bonchev–Trinajstić information content (AvgIpc) is 2.71. The Kier molecular flexibility index (Phi) is 4.97. The Labute approximate surface area is 110 Å². The molecule has 0 bridgehead atoms. The molecule has 0 saturated heterocycles. The van der Waals surface area contributed by atoms with Crippen LogP contribution in [-0.4, -0.2) is 15.7 Å². The summed E-state index contributed by atoms with van der Waals surface area (Å²) < 4.78 is 0. The van der Waals surface area contributed by atoms with E-state index in [1.54, 1.807) is 0 Å². The number of pyridine rings is 1. The van der Waals surface area contributed by atoms with Crippen molar-refractivity contribution in [1.82, 2.24) is 4.98 Å². The van der Waals surface area contributed by atoms with E-state index in [4.69, 9.17) is 0 Å². The lowest BCUT2D eigenvalue weighted by Crippen LogP contribution is -2.09. The molecule has 1 unspecified atom stereocenters. The van der Waals surface area contributed by atoms with Crippen molar-refractivity contribution in [3.63, 3.8) is 0 Å². The molecule has 2 rings (SSSR count). The summed E-state index contributed by atoms with van der Waals surface area (Å²) in [7, 11) is 0. The first kappa shape index (κ1) is 12.2. The quantitative estimate of drug-likeness (QED) is 0.627. The second-order valence-corrected chi connectivity index (χ2v) is 6.03. The van der Waals surface area contributed by atoms with Crippen molar-refractivity contribution in [2.75, 3.05) is 10.6 Å². The number of halogens is 1. The molecule has 0 saturated carbocycles. The Bertz CT molecular complexity index is 308. The number of thioether (sulfide) groups is 1. The third-order valence-corrected chi connectivity index (χ3v) is 4.47. The summed E-state index contributed by atoms with van der Waals surface area (Å²) in [6, 6.07) is 4.15. The molecule has 0 aliphatic carbocycles. The van der Waals surface area contributed by atoms with Gasteiger partial charge in [0, 0.05) is 11.5 Å². The molecule has 1 atom stereocenters. The van der Waals surface area contributed by atoms with Gasteiger partial charge in [-0.15, -0.1) is 0 Å². The molecular formula is C12H17BrN2S. The van der Waals surface area contributed by atoms with Gasteiger partial charge in [0.15, 0.2) is 0 Å². The Balaban J connectivity index is 1.67. The largest absolute Gasteiger partial charge is 0.357 e. The van der Waals surface area contributed by atoms with Crippen LogP contribution in [0.25, 0.3) is 0 Å². The van der Waals surface area contributed by atoms with Crippen LogP contribution in [0.2, 0.25) is 0 Å². The zero-order valence-electron chi connectivity index (χ0n) is 9.29. The Morgan fingerprint density at radius 2 is 2.19 bits per heavy atom. The van der Waals surface area contributed by atoms with Crippen molar-refractivity contribution in [3.8, 4) is 0 Å². The smallest absolute Gasteiger partial charge is 0.140 e. The van der Waals surface area contributed by atoms with Gasteiger partial charge in [-0.3, -0.25) is 0 Å². The van der Waals surface area contributed by atoms with Crippen LogP contribution in [0.5, 0.6) is 0 Å². The predicted molar refractivity (Wildman–Crippen MR) is 74.4 cm³/mol. The van der Waals surface area contributed by atoms with Crippen LogP contribution in [0, 0.1) is 0 Å². The first-order chi connectivity index (χ1) is 7.90. The normalized spacial score (nSPS) is 18.2. The summed E-state index contributed by atoms with van der Waals surface area (Å²) in [5.74, 6) is 1.07. The highest BCUT2D eigenvalue weighted by Gasteiger charge is 2.20. The maximum absolute atomic E-state index is 4.33. The number of unbranched alkanes of at least 4 members (excludes halogenated alkanes) is 3. The van der Waals surface area contributed by atoms with Crippen LogP contribution in [0.4, 0.5) is 5.82 Å². The lowest BCUT2D eigenvalue weighted by Gasteiger charge is -2.08. The standard InChI is InChI=1S/C12H17BrN2S/c13-8-4-2-1-3-7-11-15-12-10(16-11)6-5-9-14-12/h5-6,9,11H,1-4,7-8H2,(H,14,15). The minimum atomic E-state index is 0.536. The number of fused-ring (bicyclic) bond motifs is 1. The van der Waals surface area contributed by atoms with Crippen molar-refractivity contribution < 1.29 is 0 Å². The van der Waals surface area contributed by atoms with Crippen LogP contribution in [-0.2, 0) is 0 Å². The van der Waals surface area contributed by atoms with Crippen LogP contribution in [0.1, 0.15) is 32.1 Å². The van der Waals surface area contributed by atoms with Crippen LogP contribution in [0.15, 0.2) is 23.2 Å². The highest BCUT2D eigenvalue weighted by atomic mass is 79.9. The highest BCUT2D eigenvalue weighted by Crippen LogP contribution is 2.38. The minimum Gasteiger partial charge on any atom is -0.357 e. The molecule has 16 heavy (non-hydrogen) atoms. The topological polar surface area (TPSA) is 24.9 Å². The Morgan fingerprint density at radius 1 is 1.31 bits per heavy atom. The van der Waals surface area contributed by atoms with E-state index >= 15 is 0 Å². The molecular weight excluding hydrogens is 284 g/mol. The average molecular weight is 301 g/mol. The van der Waals surface area contributed by atoms with Gasteiger partial charge in [0.05, 0.1) is 10.3 Å². The van der Waals surface area contributed by atoms with Gasteiger partial charge in [-0.1, -0.05) is 47.0 Å². The van der Waals surface area contributed by atoms with E-state index < -0.39 is 0 Å². The molecule has 0 radical (unpaired) electrons. The Hall–Kier alpha value is -0.220. The van der Waals surface area contributed by atoms with E-state index in [0.29, 0.717) is 5.37 Å². The lowest BCUT2D eigenvalue weighted by atomic mass is 10.1. The van der Waals surface area contributed by atoms with Crippen molar-refractivity contribution in [3.05, 3.63) is 18.3 Å². The summed E-state index contributed by atoms with van der Waals surface area (Å²) in [6.07, 6.45) is 8.38. The fourth-order valence-corrected chi connectivity index (χ4v) is 3.38. The molecule has 0 fully saturated rings. The highest BCUT2D eigenvalue weighted by molar-refractivity contribution is 9.09. The molecule has 1 aliphatic rings. The van der Waals surface area contributed by atoms with E-state index in [1.165, 1.54) is 37.0 Å². The van der Waals surface area contributed by atoms with Crippen molar-refractivity contribution in [2.24, 2.45) is 0 Å².